The molecule has 170 valence electrons. The van der Waals surface area contributed by atoms with Crippen LogP contribution in [0.2, 0.25) is 0 Å². The zero-order chi connectivity index (χ0) is 22.9. The van der Waals surface area contributed by atoms with Crippen LogP contribution < -0.4 is 14.2 Å². The van der Waals surface area contributed by atoms with Crippen LogP contribution >= 0.6 is 24.0 Å². The van der Waals surface area contributed by atoms with Gasteiger partial charge in [0.2, 0.25) is 6.79 Å². The summed E-state index contributed by atoms with van der Waals surface area (Å²) in [5, 5.41) is 1.09. The van der Waals surface area contributed by atoms with Gasteiger partial charge in [-0.05, 0) is 30.2 Å². The summed E-state index contributed by atoms with van der Waals surface area (Å²) in [7, 11) is 0. The summed E-state index contributed by atoms with van der Waals surface area (Å²) in [5.74, 6) is 2.53. The molecule has 0 radical (unpaired) electrons. The van der Waals surface area contributed by atoms with Crippen LogP contribution in [-0.4, -0.2) is 39.6 Å². The first-order valence-corrected chi connectivity index (χ1v) is 12.1. The predicted octanol–water partition coefficient (Wildman–Crippen LogP) is 5.31. The molecule has 2 aliphatic rings. The highest BCUT2D eigenvalue weighted by molar-refractivity contribution is 8.26. The average molecular weight is 481 g/mol. The van der Waals surface area contributed by atoms with Crippen molar-refractivity contribution in [3.8, 4) is 17.2 Å². The van der Waals surface area contributed by atoms with Crippen molar-refractivity contribution in [2.45, 2.75) is 20.4 Å². The summed E-state index contributed by atoms with van der Waals surface area (Å²) >= 11 is 6.83. The molecule has 5 rings (SSSR count). The van der Waals surface area contributed by atoms with Gasteiger partial charge in [-0.3, -0.25) is 9.69 Å². The van der Waals surface area contributed by atoms with Gasteiger partial charge in [0, 0.05) is 35.3 Å². The number of fused-ring (bicyclic) bond motifs is 2. The number of para-hydroxylation sites is 1. The van der Waals surface area contributed by atoms with Gasteiger partial charge >= 0.3 is 0 Å². The molecule has 3 heterocycles. The van der Waals surface area contributed by atoms with Crippen molar-refractivity contribution in [2.75, 3.05) is 19.9 Å². The van der Waals surface area contributed by atoms with Crippen molar-refractivity contribution in [3.05, 3.63) is 59.1 Å². The summed E-state index contributed by atoms with van der Waals surface area (Å²) in [6.07, 6.45) is 4.03. The first-order valence-electron chi connectivity index (χ1n) is 10.9. The van der Waals surface area contributed by atoms with E-state index in [0.29, 0.717) is 40.6 Å². The van der Waals surface area contributed by atoms with Crippen LogP contribution in [0, 0.1) is 5.92 Å². The molecule has 1 saturated heterocycles. The Labute approximate surface area is 202 Å². The molecule has 0 spiro atoms. The Morgan fingerprint density at radius 2 is 2.00 bits per heavy atom. The van der Waals surface area contributed by atoms with Gasteiger partial charge in [0.15, 0.2) is 11.5 Å². The number of hydrogen-bond acceptors (Lipinski definition) is 6. The highest BCUT2D eigenvalue weighted by atomic mass is 32.2. The standard InChI is InChI=1S/C25H24N2O4S2/c1-16(2)13-27-24(28)23(33-25(27)32)11-17-14-26(20-6-4-3-5-19(17)20)9-10-29-18-7-8-21-22(12-18)31-15-30-21/h3-8,11-12,14,16H,9-10,13,15H2,1-2H3/b23-11-. The quantitative estimate of drug-likeness (QED) is 0.338. The lowest BCUT2D eigenvalue weighted by molar-refractivity contribution is -0.122. The number of amides is 1. The van der Waals surface area contributed by atoms with Gasteiger partial charge in [0.1, 0.15) is 16.7 Å². The molecule has 2 aromatic carbocycles. The molecule has 3 aromatic rings. The summed E-state index contributed by atoms with van der Waals surface area (Å²) in [4.78, 5) is 15.3. The fourth-order valence-electron chi connectivity index (χ4n) is 3.97. The number of ether oxygens (including phenoxy) is 3. The minimum atomic E-state index is -0.0123. The number of thioether (sulfide) groups is 1. The molecule has 0 aliphatic carbocycles. The van der Waals surface area contributed by atoms with Crippen molar-refractivity contribution in [1.29, 1.82) is 0 Å². The predicted molar refractivity (Wildman–Crippen MR) is 135 cm³/mol. The lowest BCUT2D eigenvalue weighted by Crippen LogP contribution is -2.31. The summed E-state index contributed by atoms with van der Waals surface area (Å²) < 4.78 is 19.5. The minimum Gasteiger partial charge on any atom is -0.492 e. The fraction of sp³-hybridized carbons (Fsp3) is 0.280. The number of nitrogens with zero attached hydrogens (tertiary/aromatic N) is 2. The zero-order valence-electron chi connectivity index (χ0n) is 18.4. The molecule has 1 aromatic heterocycles. The van der Waals surface area contributed by atoms with E-state index < -0.39 is 0 Å². The Bertz CT molecular complexity index is 1260. The third-order valence-electron chi connectivity index (χ3n) is 5.47. The van der Waals surface area contributed by atoms with E-state index in [-0.39, 0.29) is 12.7 Å². The number of hydrogen-bond donors (Lipinski definition) is 0. The molecule has 33 heavy (non-hydrogen) atoms. The Kier molecular flexibility index (Phi) is 6.03. The molecule has 1 fully saturated rings. The number of rotatable bonds is 7. The van der Waals surface area contributed by atoms with E-state index >= 15 is 0 Å². The topological polar surface area (TPSA) is 52.9 Å². The van der Waals surface area contributed by atoms with Crippen LogP contribution in [0.1, 0.15) is 19.4 Å². The largest absolute Gasteiger partial charge is 0.492 e. The summed E-state index contributed by atoms with van der Waals surface area (Å²) in [6.45, 7) is 6.21. The maximum absolute atomic E-state index is 12.9. The van der Waals surface area contributed by atoms with Crippen molar-refractivity contribution < 1.29 is 19.0 Å². The molecule has 0 bridgehead atoms. The van der Waals surface area contributed by atoms with E-state index in [2.05, 4.69) is 36.7 Å². The van der Waals surface area contributed by atoms with Gasteiger partial charge in [-0.1, -0.05) is 56.0 Å². The van der Waals surface area contributed by atoms with Gasteiger partial charge in [-0.15, -0.1) is 0 Å². The van der Waals surface area contributed by atoms with Gasteiger partial charge in [-0.25, -0.2) is 0 Å². The summed E-state index contributed by atoms with van der Waals surface area (Å²) in [6, 6.07) is 13.8. The van der Waals surface area contributed by atoms with Crippen LogP contribution in [0.15, 0.2) is 53.6 Å². The number of carbonyl (C=O) groups is 1. The molecular formula is C25H24N2O4S2. The SMILES string of the molecule is CC(C)CN1C(=O)/C(=C/c2cn(CCOc3ccc4c(c3)OCO4)c3ccccc23)SC1=S. The Morgan fingerprint density at radius 1 is 1.18 bits per heavy atom. The average Bonchev–Trinajstić information content (AvgIpc) is 3.47. The normalized spacial score (nSPS) is 16.6. The summed E-state index contributed by atoms with van der Waals surface area (Å²) in [5.41, 5.74) is 2.09. The molecule has 6 nitrogen and oxygen atoms in total. The van der Waals surface area contributed by atoms with E-state index in [1.54, 1.807) is 4.90 Å². The van der Waals surface area contributed by atoms with Gasteiger partial charge < -0.3 is 18.8 Å². The molecule has 0 N–H and O–H groups in total. The third kappa shape index (κ3) is 4.45. The lowest BCUT2D eigenvalue weighted by Gasteiger charge is -2.16. The molecule has 0 atom stereocenters. The third-order valence-corrected chi connectivity index (χ3v) is 6.85. The molecule has 1 amide bonds. The maximum Gasteiger partial charge on any atom is 0.266 e. The first-order chi connectivity index (χ1) is 16.0. The lowest BCUT2D eigenvalue weighted by atomic mass is 10.1. The van der Waals surface area contributed by atoms with E-state index in [1.165, 1.54) is 11.8 Å². The minimum absolute atomic E-state index is 0.0123. The fourth-order valence-corrected chi connectivity index (χ4v) is 5.23. The second-order valence-electron chi connectivity index (χ2n) is 8.34. The number of thiocarbonyl (C=S) groups is 1. The Morgan fingerprint density at radius 3 is 2.85 bits per heavy atom. The molecular weight excluding hydrogens is 456 g/mol. The number of benzene rings is 2. The second kappa shape index (κ2) is 9.11. The Hall–Kier alpha value is -2.97. The monoisotopic (exact) mass is 480 g/mol. The molecule has 8 heteroatoms. The maximum atomic E-state index is 12.9. The smallest absolute Gasteiger partial charge is 0.266 e. The van der Waals surface area contributed by atoms with Crippen molar-refractivity contribution in [3.63, 3.8) is 0 Å². The van der Waals surface area contributed by atoms with E-state index in [4.69, 9.17) is 26.4 Å². The number of carbonyl (C=O) groups excluding carboxylic acids is 1. The van der Waals surface area contributed by atoms with Crippen LogP contribution in [0.4, 0.5) is 0 Å². The highest BCUT2D eigenvalue weighted by Crippen LogP contribution is 2.36. The van der Waals surface area contributed by atoms with E-state index in [1.807, 2.05) is 36.4 Å². The first kappa shape index (κ1) is 21.9. The molecule has 2 aliphatic heterocycles. The van der Waals surface area contributed by atoms with Crippen molar-refractivity contribution in [1.82, 2.24) is 9.47 Å². The van der Waals surface area contributed by atoms with Crippen LogP contribution in [0.25, 0.3) is 17.0 Å². The molecule has 0 unspecified atom stereocenters. The van der Waals surface area contributed by atoms with Crippen molar-refractivity contribution >= 4 is 51.2 Å². The van der Waals surface area contributed by atoms with E-state index in [9.17, 15) is 4.79 Å². The highest BCUT2D eigenvalue weighted by Gasteiger charge is 2.32. The van der Waals surface area contributed by atoms with E-state index in [0.717, 1.165) is 28.0 Å². The van der Waals surface area contributed by atoms with Crippen LogP contribution in [-0.2, 0) is 11.3 Å². The van der Waals surface area contributed by atoms with Gasteiger partial charge in [0.05, 0.1) is 11.4 Å². The van der Waals surface area contributed by atoms with Gasteiger partial charge in [-0.2, -0.15) is 0 Å². The number of aromatic nitrogens is 1. The second-order valence-corrected chi connectivity index (χ2v) is 10.0. The van der Waals surface area contributed by atoms with Crippen molar-refractivity contribution in [2.24, 2.45) is 5.92 Å². The van der Waals surface area contributed by atoms with Crippen LogP contribution in [0.3, 0.4) is 0 Å². The van der Waals surface area contributed by atoms with Gasteiger partial charge in [0.25, 0.3) is 5.91 Å². The van der Waals surface area contributed by atoms with Crippen LogP contribution in [0.5, 0.6) is 17.2 Å². The zero-order valence-corrected chi connectivity index (χ0v) is 20.1. The Balaban J connectivity index is 1.35. The molecule has 0 saturated carbocycles.